The van der Waals surface area contributed by atoms with Gasteiger partial charge in [-0.1, -0.05) is 28.4 Å². The van der Waals surface area contributed by atoms with Crippen molar-refractivity contribution in [3.8, 4) is 0 Å². The predicted octanol–water partition coefficient (Wildman–Crippen LogP) is 4.39. The lowest BCUT2D eigenvalue weighted by molar-refractivity contribution is -0.138. The maximum Gasteiger partial charge on any atom is 0.417 e. The van der Waals surface area contributed by atoms with Gasteiger partial charge in [0.2, 0.25) is 0 Å². The number of halogens is 5. The summed E-state index contributed by atoms with van der Waals surface area (Å²) >= 11 is 13.1. The molecule has 1 fully saturated rings. The first-order valence-electron chi connectivity index (χ1n) is 9.32. The van der Waals surface area contributed by atoms with Crippen LogP contribution in [-0.2, 0) is 15.8 Å². The van der Waals surface area contributed by atoms with Gasteiger partial charge in [0.15, 0.2) is 12.4 Å². The Bertz CT molecular complexity index is 1010. The van der Waals surface area contributed by atoms with E-state index < -0.39 is 11.7 Å². The van der Waals surface area contributed by atoms with Gasteiger partial charge >= 0.3 is 6.18 Å². The SMILES string of the molecule is O=C(CC=NOCC(=O)N1CCN(c2ncc(C(F)(F)F)cc2Cl)CC1)c1sccc1Cl. The molecule has 0 aromatic carbocycles. The molecule has 0 bridgehead atoms. The number of aromatic nitrogens is 1. The third-order valence-corrected chi connectivity index (χ3v) is 6.23. The second-order valence-corrected chi connectivity index (χ2v) is 8.41. The van der Waals surface area contributed by atoms with Crippen molar-refractivity contribution in [1.82, 2.24) is 9.88 Å². The standard InChI is InChI=1S/C19H17Cl2F3N4O3S/c20-13-2-8-32-17(13)15(29)1-3-26-31-11-16(30)27-4-6-28(7-5-27)18-14(21)9-12(10-25-18)19(22,23)24/h2-3,8-10H,1,4-7,11H2. The van der Waals surface area contributed by atoms with Crippen molar-refractivity contribution >= 4 is 58.3 Å². The molecule has 3 heterocycles. The van der Waals surface area contributed by atoms with Gasteiger partial charge in [0.05, 0.1) is 33.1 Å². The Morgan fingerprint density at radius 2 is 1.94 bits per heavy atom. The minimum atomic E-state index is -4.52. The number of amides is 1. The number of hydrogen-bond donors (Lipinski definition) is 0. The number of piperazine rings is 1. The predicted molar refractivity (Wildman–Crippen MR) is 116 cm³/mol. The first-order valence-corrected chi connectivity index (χ1v) is 11.0. The first kappa shape index (κ1) is 24.3. The van der Waals surface area contributed by atoms with E-state index in [0.717, 1.165) is 12.3 Å². The minimum absolute atomic E-state index is 0.00597. The molecule has 1 aliphatic heterocycles. The number of thiophene rings is 1. The highest BCUT2D eigenvalue weighted by atomic mass is 35.5. The van der Waals surface area contributed by atoms with E-state index in [-0.39, 0.29) is 35.6 Å². The third-order valence-electron chi connectivity index (χ3n) is 4.57. The molecule has 1 saturated heterocycles. The van der Waals surface area contributed by atoms with E-state index >= 15 is 0 Å². The molecule has 0 atom stereocenters. The summed E-state index contributed by atoms with van der Waals surface area (Å²) < 4.78 is 38.3. The van der Waals surface area contributed by atoms with Crippen LogP contribution in [0.5, 0.6) is 0 Å². The molecule has 3 rings (SSSR count). The molecule has 0 spiro atoms. The van der Waals surface area contributed by atoms with Crippen molar-refractivity contribution in [2.24, 2.45) is 5.16 Å². The van der Waals surface area contributed by atoms with Crippen molar-refractivity contribution in [1.29, 1.82) is 0 Å². The van der Waals surface area contributed by atoms with Crippen LogP contribution in [0.1, 0.15) is 21.7 Å². The average Bonchev–Trinajstić information content (AvgIpc) is 3.18. The first-order chi connectivity index (χ1) is 15.2. The topological polar surface area (TPSA) is 75.1 Å². The number of nitrogens with zero attached hydrogens (tertiary/aromatic N) is 4. The van der Waals surface area contributed by atoms with Gasteiger partial charge in [0, 0.05) is 32.4 Å². The number of oxime groups is 1. The van der Waals surface area contributed by atoms with Crippen molar-refractivity contribution in [2.75, 3.05) is 37.7 Å². The zero-order valence-corrected chi connectivity index (χ0v) is 18.8. The van der Waals surface area contributed by atoms with Gasteiger partial charge in [0.1, 0.15) is 5.82 Å². The highest BCUT2D eigenvalue weighted by Crippen LogP contribution is 2.33. The molecule has 2 aromatic rings. The molecule has 7 nitrogen and oxygen atoms in total. The molecule has 32 heavy (non-hydrogen) atoms. The number of carbonyl (C=O) groups is 2. The molecule has 0 aliphatic carbocycles. The van der Waals surface area contributed by atoms with Crippen LogP contribution in [0.4, 0.5) is 19.0 Å². The second-order valence-electron chi connectivity index (χ2n) is 6.68. The van der Waals surface area contributed by atoms with E-state index in [1.807, 2.05) is 0 Å². The van der Waals surface area contributed by atoms with E-state index in [9.17, 15) is 22.8 Å². The van der Waals surface area contributed by atoms with Crippen LogP contribution in [0.25, 0.3) is 0 Å². The van der Waals surface area contributed by atoms with E-state index in [0.29, 0.717) is 36.1 Å². The zero-order valence-electron chi connectivity index (χ0n) is 16.4. The number of hydrogen-bond acceptors (Lipinski definition) is 7. The Hall–Kier alpha value is -2.37. The smallest absolute Gasteiger partial charge is 0.386 e. The third kappa shape index (κ3) is 6.11. The van der Waals surface area contributed by atoms with Crippen LogP contribution >= 0.6 is 34.5 Å². The van der Waals surface area contributed by atoms with Crippen molar-refractivity contribution in [3.63, 3.8) is 0 Å². The van der Waals surface area contributed by atoms with Crippen LogP contribution in [-0.4, -0.2) is 60.6 Å². The second kappa shape index (κ2) is 10.5. The number of Topliss-reactive ketones (excluding diaryl/α,β-unsaturated/α-hetero) is 1. The molecule has 13 heteroatoms. The lowest BCUT2D eigenvalue weighted by Gasteiger charge is -2.35. The monoisotopic (exact) mass is 508 g/mol. The van der Waals surface area contributed by atoms with Gasteiger partial charge in [0.25, 0.3) is 5.91 Å². The van der Waals surface area contributed by atoms with Crippen LogP contribution in [0, 0.1) is 0 Å². The van der Waals surface area contributed by atoms with Crippen LogP contribution in [0.2, 0.25) is 10.0 Å². The molecular weight excluding hydrogens is 492 g/mol. The summed E-state index contributed by atoms with van der Waals surface area (Å²) in [5.74, 6) is -0.264. The highest BCUT2D eigenvalue weighted by Gasteiger charge is 2.32. The molecule has 1 aliphatic rings. The molecule has 0 saturated carbocycles. The molecule has 0 unspecified atom stereocenters. The lowest BCUT2D eigenvalue weighted by atomic mass is 10.2. The summed E-state index contributed by atoms with van der Waals surface area (Å²) in [6.45, 7) is 1.04. The molecule has 0 N–H and O–H groups in total. The molecule has 172 valence electrons. The van der Waals surface area contributed by atoms with E-state index in [4.69, 9.17) is 28.0 Å². The Balaban J connectivity index is 1.43. The molecule has 0 radical (unpaired) electrons. The van der Waals surface area contributed by atoms with Crippen LogP contribution < -0.4 is 4.90 Å². The molecular formula is C19H17Cl2F3N4O3S. The van der Waals surface area contributed by atoms with E-state index in [1.165, 1.54) is 17.6 Å². The normalized spacial score (nSPS) is 14.8. The van der Waals surface area contributed by atoms with Gasteiger partial charge in [-0.25, -0.2) is 4.98 Å². The summed E-state index contributed by atoms with van der Waals surface area (Å²) in [6, 6.07) is 2.47. The largest absolute Gasteiger partial charge is 0.417 e. The number of anilines is 1. The lowest BCUT2D eigenvalue weighted by Crippen LogP contribution is -2.50. The Kier molecular flexibility index (Phi) is 7.96. The summed E-state index contributed by atoms with van der Waals surface area (Å²) in [5, 5.41) is 5.62. The summed E-state index contributed by atoms with van der Waals surface area (Å²) in [7, 11) is 0. The summed E-state index contributed by atoms with van der Waals surface area (Å²) in [6.07, 6.45) is -2.52. The van der Waals surface area contributed by atoms with Crippen molar-refractivity contribution in [2.45, 2.75) is 12.6 Å². The number of alkyl halides is 3. The van der Waals surface area contributed by atoms with Crippen molar-refractivity contribution < 1.29 is 27.6 Å². The van der Waals surface area contributed by atoms with Gasteiger partial charge in [-0.05, 0) is 17.5 Å². The number of pyridine rings is 1. The van der Waals surface area contributed by atoms with Gasteiger partial charge in [-0.15, -0.1) is 11.3 Å². The number of carbonyl (C=O) groups excluding carboxylic acids is 2. The fourth-order valence-corrected chi connectivity index (χ4v) is 4.33. The van der Waals surface area contributed by atoms with Crippen molar-refractivity contribution in [3.05, 3.63) is 44.2 Å². The Morgan fingerprint density at radius 1 is 1.22 bits per heavy atom. The number of rotatable bonds is 7. The highest BCUT2D eigenvalue weighted by molar-refractivity contribution is 7.12. The van der Waals surface area contributed by atoms with Gasteiger partial charge in [-0.3, -0.25) is 9.59 Å². The van der Waals surface area contributed by atoms with Crippen LogP contribution in [0.3, 0.4) is 0 Å². The molecule has 1 amide bonds. The maximum absolute atomic E-state index is 12.8. The Labute approximate surface area is 195 Å². The summed E-state index contributed by atoms with van der Waals surface area (Å²) in [4.78, 5) is 36.7. The zero-order chi connectivity index (χ0) is 23.3. The Morgan fingerprint density at radius 3 is 2.53 bits per heavy atom. The van der Waals surface area contributed by atoms with Gasteiger partial charge in [-0.2, -0.15) is 13.2 Å². The quantitative estimate of drug-likeness (QED) is 0.315. The number of ketones is 1. The minimum Gasteiger partial charge on any atom is -0.386 e. The summed E-state index contributed by atoms with van der Waals surface area (Å²) in [5.41, 5.74) is -0.919. The molecule has 2 aromatic heterocycles. The fraction of sp³-hybridized carbons (Fsp3) is 0.368. The average molecular weight is 509 g/mol. The van der Waals surface area contributed by atoms with Crippen LogP contribution in [0.15, 0.2) is 28.9 Å². The van der Waals surface area contributed by atoms with Gasteiger partial charge < -0.3 is 14.6 Å². The maximum atomic E-state index is 12.8. The van der Waals surface area contributed by atoms with E-state index in [1.54, 1.807) is 21.2 Å². The van der Waals surface area contributed by atoms with E-state index in [2.05, 4.69) is 10.1 Å². The fourth-order valence-electron chi connectivity index (χ4n) is 2.93.